The van der Waals surface area contributed by atoms with E-state index >= 15 is 0 Å². The second-order valence-corrected chi connectivity index (χ2v) is 5.43. The quantitative estimate of drug-likeness (QED) is 0.882. The summed E-state index contributed by atoms with van der Waals surface area (Å²) in [4.78, 5) is 16.2. The Labute approximate surface area is 122 Å². The number of halogens is 1. The number of nitrogens with zero attached hydrogens (tertiary/aromatic N) is 2. The molecule has 1 amide bonds. The zero-order valence-corrected chi connectivity index (χ0v) is 12.0. The van der Waals surface area contributed by atoms with Crippen LogP contribution in [0.15, 0.2) is 18.2 Å². The molecule has 2 aromatic rings. The molecule has 2 heterocycles. The zero-order valence-electron chi connectivity index (χ0n) is 12.0. The first kappa shape index (κ1) is 14.0. The van der Waals surface area contributed by atoms with Crippen LogP contribution in [0.2, 0.25) is 0 Å². The van der Waals surface area contributed by atoms with Crippen LogP contribution in [-0.4, -0.2) is 35.1 Å². The monoisotopic (exact) mass is 290 g/mol. The largest absolute Gasteiger partial charge is 0.355 e. The van der Waals surface area contributed by atoms with E-state index in [-0.39, 0.29) is 17.6 Å². The molecule has 1 unspecified atom stereocenters. The fourth-order valence-electron chi connectivity index (χ4n) is 2.77. The first-order valence-corrected chi connectivity index (χ1v) is 7.25. The third kappa shape index (κ3) is 2.76. The number of carbonyl (C=O) groups is 1. The van der Waals surface area contributed by atoms with Gasteiger partial charge in [-0.05, 0) is 25.1 Å². The summed E-state index contributed by atoms with van der Waals surface area (Å²) < 4.78 is 15.6. The number of aromatic nitrogens is 2. The molecule has 1 aromatic carbocycles. The predicted octanol–water partition coefficient (Wildman–Crippen LogP) is 0.981. The van der Waals surface area contributed by atoms with Gasteiger partial charge in [0.25, 0.3) is 0 Å². The van der Waals surface area contributed by atoms with E-state index in [1.165, 1.54) is 6.07 Å². The van der Waals surface area contributed by atoms with Gasteiger partial charge in [-0.2, -0.15) is 0 Å². The van der Waals surface area contributed by atoms with Crippen molar-refractivity contribution in [3.05, 3.63) is 29.8 Å². The van der Waals surface area contributed by atoms with E-state index in [4.69, 9.17) is 0 Å². The fourth-order valence-corrected chi connectivity index (χ4v) is 2.77. The van der Waals surface area contributed by atoms with E-state index in [0.717, 1.165) is 30.9 Å². The lowest BCUT2D eigenvalue weighted by Gasteiger charge is -2.09. The van der Waals surface area contributed by atoms with E-state index in [1.807, 2.05) is 17.7 Å². The smallest absolute Gasteiger partial charge is 0.224 e. The van der Waals surface area contributed by atoms with Gasteiger partial charge in [0, 0.05) is 26.6 Å². The van der Waals surface area contributed by atoms with Crippen LogP contribution in [0.3, 0.4) is 0 Å². The molecule has 112 valence electrons. The van der Waals surface area contributed by atoms with Gasteiger partial charge in [0.1, 0.15) is 11.3 Å². The lowest BCUT2D eigenvalue weighted by Crippen LogP contribution is -2.33. The third-order valence-corrected chi connectivity index (χ3v) is 4.03. The van der Waals surface area contributed by atoms with Gasteiger partial charge in [-0.1, -0.05) is 6.07 Å². The molecular formula is C15H19FN4O. The summed E-state index contributed by atoms with van der Waals surface area (Å²) >= 11 is 0. The number of carbonyl (C=O) groups excluding carboxylic acids is 1. The summed E-state index contributed by atoms with van der Waals surface area (Å²) in [7, 11) is 1.87. The molecule has 1 fully saturated rings. The number of hydrogen-bond donors (Lipinski definition) is 2. The molecule has 1 atom stereocenters. The first-order chi connectivity index (χ1) is 10.2. The van der Waals surface area contributed by atoms with E-state index in [9.17, 15) is 9.18 Å². The molecule has 1 saturated heterocycles. The highest BCUT2D eigenvalue weighted by molar-refractivity contribution is 5.79. The molecule has 0 radical (unpaired) electrons. The lowest BCUT2D eigenvalue weighted by atomic mass is 10.1. The standard InChI is InChI=1S/C15H19FN4O/c1-20-12-4-2-3-11(16)14(12)19-13(20)6-8-18-15(21)10-5-7-17-9-10/h2-4,10,17H,5-9H2,1H3,(H,18,21). The van der Waals surface area contributed by atoms with E-state index < -0.39 is 0 Å². The van der Waals surface area contributed by atoms with Gasteiger partial charge in [0.2, 0.25) is 5.91 Å². The second-order valence-electron chi connectivity index (χ2n) is 5.43. The Kier molecular flexibility index (Phi) is 3.88. The summed E-state index contributed by atoms with van der Waals surface area (Å²) in [5, 5.41) is 6.11. The molecule has 1 aliphatic heterocycles. The SMILES string of the molecule is Cn1c(CCNC(=O)C2CCNC2)nc2c(F)cccc21. The van der Waals surface area contributed by atoms with E-state index in [2.05, 4.69) is 15.6 Å². The minimum Gasteiger partial charge on any atom is -0.355 e. The molecule has 21 heavy (non-hydrogen) atoms. The minimum absolute atomic E-state index is 0.0721. The van der Waals surface area contributed by atoms with Crippen molar-refractivity contribution >= 4 is 16.9 Å². The maximum atomic E-state index is 13.7. The maximum absolute atomic E-state index is 13.7. The Hall–Kier alpha value is -1.95. The number of amides is 1. The lowest BCUT2D eigenvalue weighted by molar-refractivity contribution is -0.124. The van der Waals surface area contributed by atoms with Crippen LogP contribution < -0.4 is 10.6 Å². The summed E-state index contributed by atoms with van der Waals surface area (Å²) in [6.45, 7) is 2.18. The molecule has 3 rings (SSSR count). The van der Waals surface area contributed by atoms with Crippen molar-refractivity contribution in [2.24, 2.45) is 13.0 Å². The van der Waals surface area contributed by atoms with Crippen LogP contribution >= 0.6 is 0 Å². The van der Waals surface area contributed by atoms with Gasteiger partial charge in [-0.3, -0.25) is 4.79 Å². The van der Waals surface area contributed by atoms with Crippen molar-refractivity contribution in [3.63, 3.8) is 0 Å². The predicted molar refractivity (Wildman–Crippen MR) is 78.4 cm³/mol. The topological polar surface area (TPSA) is 59.0 Å². The zero-order chi connectivity index (χ0) is 14.8. The van der Waals surface area contributed by atoms with Gasteiger partial charge < -0.3 is 15.2 Å². The molecule has 0 saturated carbocycles. The number of para-hydroxylation sites is 1. The van der Waals surface area contributed by atoms with Gasteiger partial charge in [-0.25, -0.2) is 9.37 Å². The Bertz CT molecular complexity index is 661. The van der Waals surface area contributed by atoms with Crippen molar-refractivity contribution < 1.29 is 9.18 Å². The molecule has 2 N–H and O–H groups in total. The van der Waals surface area contributed by atoms with Crippen molar-refractivity contribution in [1.82, 2.24) is 20.2 Å². The summed E-state index contributed by atoms with van der Waals surface area (Å²) in [6, 6.07) is 4.93. The first-order valence-electron chi connectivity index (χ1n) is 7.25. The van der Waals surface area contributed by atoms with Crippen molar-refractivity contribution in [2.45, 2.75) is 12.8 Å². The number of benzene rings is 1. The van der Waals surface area contributed by atoms with E-state index in [1.54, 1.807) is 6.07 Å². The van der Waals surface area contributed by atoms with Crippen LogP contribution in [0, 0.1) is 11.7 Å². The Balaban J connectivity index is 1.64. The molecule has 0 spiro atoms. The van der Waals surface area contributed by atoms with Gasteiger partial charge in [-0.15, -0.1) is 0 Å². The number of fused-ring (bicyclic) bond motifs is 1. The van der Waals surface area contributed by atoms with Crippen molar-refractivity contribution in [2.75, 3.05) is 19.6 Å². The third-order valence-electron chi connectivity index (χ3n) is 4.03. The van der Waals surface area contributed by atoms with Crippen molar-refractivity contribution in [1.29, 1.82) is 0 Å². The Morgan fingerprint density at radius 2 is 2.43 bits per heavy atom. The van der Waals surface area contributed by atoms with Crippen LogP contribution in [-0.2, 0) is 18.3 Å². The van der Waals surface area contributed by atoms with Crippen LogP contribution in [0.4, 0.5) is 4.39 Å². The highest BCUT2D eigenvalue weighted by Gasteiger charge is 2.21. The van der Waals surface area contributed by atoms with Crippen LogP contribution in [0.25, 0.3) is 11.0 Å². The average Bonchev–Trinajstić information content (AvgIpc) is 3.10. The van der Waals surface area contributed by atoms with Gasteiger partial charge in [0.05, 0.1) is 11.4 Å². The number of nitrogens with one attached hydrogen (secondary N) is 2. The summed E-state index contributed by atoms with van der Waals surface area (Å²) in [5.74, 6) is 0.628. The fraction of sp³-hybridized carbons (Fsp3) is 0.467. The normalized spacial score (nSPS) is 18.3. The molecular weight excluding hydrogens is 271 g/mol. The van der Waals surface area contributed by atoms with Crippen LogP contribution in [0.5, 0.6) is 0 Å². The number of hydrogen-bond acceptors (Lipinski definition) is 3. The molecule has 1 aromatic heterocycles. The highest BCUT2D eigenvalue weighted by Crippen LogP contribution is 2.18. The number of imidazole rings is 1. The molecule has 0 aliphatic carbocycles. The molecule has 0 bridgehead atoms. The second kappa shape index (κ2) is 5.81. The Morgan fingerprint density at radius 1 is 1.57 bits per heavy atom. The highest BCUT2D eigenvalue weighted by atomic mass is 19.1. The summed E-state index contributed by atoms with van der Waals surface area (Å²) in [6.07, 6.45) is 1.49. The Morgan fingerprint density at radius 3 is 3.14 bits per heavy atom. The average molecular weight is 290 g/mol. The number of aryl methyl sites for hydroxylation is 1. The molecule has 6 heteroatoms. The maximum Gasteiger partial charge on any atom is 0.224 e. The minimum atomic E-state index is -0.310. The molecule has 5 nitrogen and oxygen atoms in total. The van der Waals surface area contributed by atoms with Gasteiger partial charge in [0.15, 0.2) is 5.82 Å². The summed E-state index contributed by atoms with van der Waals surface area (Å²) in [5.41, 5.74) is 1.16. The van der Waals surface area contributed by atoms with Crippen molar-refractivity contribution in [3.8, 4) is 0 Å². The molecule has 1 aliphatic rings. The van der Waals surface area contributed by atoms with Crippen LogP contribution in [0.1, 0.15) is 12.2 Å². The van der Waals surface area contributed by atoms with E-state index in [0.29, 0.717) is 18.5 Å². The van der Waals surface area contributed by atoms with Gasteiger partial charge >= 0.3 is 0 Å². The number of rotatable bonds is 4.